The van der Waals surface area contributed by atoms with Crippen LogP contribution in [0.1, 0.15) is 36.0 Å². The van der Waals surface area contributed by atoms with Gasteiger partial charge in [-0.3, -0.25) is 9.36 Å². The maximum Gasteiger partial charge on any atom is 0.420 e. The Labute approximate surface area is 172 Å². The predicted octanol–water partition coefficient (Wildman–Crippen LogP) is 3.18. The summed E-state index contributed by atoms with van der Waals surface area (Å²) in [5, 5.41) is 0. The molecule has 7 nitrogen and oxygen atoms in total. The second-order valence-corrected chi connectivity index (χ2v) is 9.27. The molecule has 0 atom stereocenters. The molecular formula is C21H21FN2O5S. The Morgan fingerprint density at radius 1 is 1.00 bits per heavy atom. The van der Waals surface area contributed by atoms with Gasteiger partial charge in [0.1, 0.15) is 5.82 Å². The number of aromatic nitrogens is 1. The van der Waals surface area contributed by atoms with Crippen LogP contribution in [0.15, 0.2) is 56.6 Å². The first-order valence-corrected chi connectivity index (χ1v) is 11.2. The van der Waals surface area contributed by atoms with Gasteiger partial charge in [-0.15, -0.1) is 0 Å². The van der Waals surface area contributed by atoms with Gasteiger partial charge in [0.15, 0.2) is 11.4 Å². The number of carbonyl (C=O) groups is 1. The van der Waals surface area contributed by atoms with Crippen molar-refractivity contribution in [3.63, 3.8) is 0 Å². The lowest BCUT2D eigenvalue weighted by atomic mass is 10.1. The average molecular weight is 432 g/mol. The summed E-state index contributed by atoms with van der Waals surface area (Å²) >= 11 is 0. The molecule has 0 radical (unpaired) electrons. The monoisotopic (exact) mass is 432 g/mol. The number of hydrogen-bond acceptors (Lipinski definition) is 5. The van der Waals surface area contributed by atoms with Crippen LogP contribution in [0.5, 0.6) is 0 Å². The van der Waals surface area contributed by atoms with Gasteiger partial charge in [0, 0.05) is 24.7 Å². The molecule has 158 valence electrons. The predicted molar refractivity (Wildman–Crippen MR) is 108 cm³/mol. The number of carbonyl (C=O) groups excluding carboxylic acids is 1. The minimum absolute atomic E-state index is 0.0580. The lowest BCUT2D eigenvalue weighted by Crippen LogP contribution is -2.31. The second-order valence-electron chi connectivity index (χ2n) is 7.33. The summed E-state index contributed by atoms with van der Waals surface area (Å²) in [4.78, 5) is 24.8. The van der Waals surface area contributed by atoms with Crippen molar-refractivity contribution in [2.24, 2.45) is 0 Å². The number of halogens is 1. The highest BCUT2D eigenvalue weighted by molar-refractivity contribution is 7.89. The first kappa shape index (κ1) is 20.5. The summed E-state index contributed by atoms with van der Waals surface area (Å²) in [5.74, 6) is -1.61. The molecule has 1 aliphatic rings. The minimum atomic E-state index is -3.69. The third kappa shape index (κ3) is 3.95. The van der Waals surface area contributed by atoms with Crippen LogP contribution in [0.4, 0.5) is 4.39 Å². The van der Waals surface area contributed by atoms with Gasteiger partial charge in [0.05, 0.1) is 17.0 Å². The molecule has 0 bridgehead atoms. The molecular weight excluding hydrogens is 411 g/mol. The number of hydrogen-bond donors (Lipinski definition) is 0. The van der Waals surface area contributed by atoms with E-state index in [4.69, 9.17) is 4.42 Å². The Morgan fingerprint density at radius 2 is 1.67 bits per heavy atom. The van der Waals surface area contributed by atoms with Crippen molar-refractivity contribution < 1.29 is 22.0 Å². The van der Waals surface area contributed by atoms with E-state index in [1.807, 2.05) is 0 Å². The molecule has 1 fully saturated rings. The summed E-state index contributed by atoms with van der Waals surface area (Å²) in [6.45, 7) is 0.644. The van der Waals surface area contributed by atoms with Crippen LogP contribution in [-0.2, 0) is 16.6 Å². The lowest BCUT2D eigenvalue weighted by Gasteiger charge is -2.19. The maximum atomic E-state index is 13.1. The summed E-state index contributed by atoms with van der Waals surface area (Å²) in [7, 11) is -3.69. The maximum absolute atomic E-state index is 13.1. The van der Waals surface area contributed by atoms with Gasteiger partial charge in [-0.1, -0.05) is 12.8 Å². The Balaban J connectivity index is 1.64. The number of rotatable bonds is 5. The van der Waals surface area contributed by atoms with Crippen molar-refractivity contribution in [1.29, 1.82) is 0 Å². The quantitative estimate of drug-likeness (QED) is 0.578. The molecule has 30 heavy (non-hydrogen) atoms. The fourth-order valence-electron chi connectivity index (χ4n) is 3.66. The number of Topliss-reactive ketones (excluding diaryl/α,β-unsaturated/α-hetero) is 1. The zero-order valence-corrected chi connectivity index (χ0v) is 17.0. The smallest absolute Gasteiger partial charge is 0.408 e. The van der Waals surface area contributed by atoms with Crippen molar-refractivity contribution in [2.75, 3.05) is 13.1 Å². The van der Waals surface area contributed by atoms with Gasteiger partial charge in [0.2, 0.25) is 10.0 Å². The summed E-state index contributed by atoms with van der Waals surface area (Å²) in [5.41, 5.74) is 0.686. The minimum Gasteiger partial charge on any atom is -0.408 e. The van der Waals surface area contributed by atoms with Crippen LogP contribution in [0.2, 0.25) is 0 Å². The van der Waals surface area contributed by atoms with Crippen LogP contribution < -0.4 is 5.76 Å². The van der Waals surface area contributed by atoms with E-state index >= 15 is 0 Å². The fourth-order valence-corrected chi connectivity index (χ4v) is 5.19. The Bertz CT molecular complexity index is 1240. The number of benzene rings is 2. The molecule has 3 aromatic rings. The standard InChI is InChI=1S/C21H21FN2O5S/c22-16-7-5-15(6-8-16)19(25)14-24-18-10-9-17(13-20(18)29-21(24)26)30(27,28)23-11-3-1-2-4-12-23/h5-10,13H,1-4,11-12,14H2. The number of ketones is 1. The Morgan fingerprint density at radius 3 is 2.33 bits per heavy atom. The Hall–Kier alpha value is -2.78. The molecule has 0 saturated carbocycles. The Kier molecular flexibility index (Phi) is 5.57. The highest BCUT2D eigenvalue weighted by Crippen LogP contribution is 2.24. The molecule has 4 rings (SSSR count). The molecule has 1 aromatic heterocycles. The van der Waals surface area contributed by atoms with E-state index in [0.717, 1.165) is 30.3 Å². The highest BCUT2D eigenvalue weighted by Gasteiger charge is 2.26. The number of nitrogens with zero attached hydrogens (tertiary/aromatic N) is 2. The van der Waals surface area contributed by atoms with E-state index in [2.05, 4.69) is 0 Å². The SMILES string of the molecule is O=C(Cn1c(=O)oc2cc(S(=O)(=O)N3CCCCCC3)ccc21)c1ccc(F)cc1. The molecule has 1 saturated heterocycles. The molecule has 0 N–H and O–H groups in total. The van der Waals surface area contributed by atoms with Crippen LogP contribution in [0, 0.1) is 5.82 Å². The number of fused-ring (bicyclic) bond motifs is 1. The van der Waals surface area contributed by atoms with E-state index in [0.29, 0.717) is 18.6 Å². The third-order valence-electron chi connectivity index (χ3n) is 5.31. The van der Waals surface area contributed by atoms with Crippen molar-refractivity contribution in [2.45, 2.75) is 37.1 Å². The largest absolute Gasteiger partial charge is 0.420 e. The molecule has 0 amide bonds. The lowest BCUT2D eigenvalue weighted by molar-refractivity contribution is 0.0970. The van der Waals surface area contributed by atoms with Crippen LogP contribution >= 0.6 is 0 Å². The van der Waals surface area contributed by atoms with Gasteiger partial charge in [-0.2, -0.15) is 4.31 Å². The van der Waals surface area contributed by atoms with E-state index < -0.39 is 21.6 Å². The molecule has 1 aliphatic heterocycles. The van der Waals surface area contributed by atoms with Gasteiger partial charge >= 0.3 is 5.76 Å². The van der Waals surface area contributed by atoms with E-state index in [-0.39, 0.29) is 28.4 Å². The van der Waals surface area contributed by atoms with E-state index in [1.165, 1.54) is 46.8 Å². The summed E-state index contributed by atoms with van der Waals surface area (Å²) < 4.78 is 46.8. The fraction of sp³-hybridized carbons (Fsp3) is 0.333. The van der Waals surface area contributed by atoms with Crippen molar-refractivity contribution in [3.05, 3.63) is 64.4 Å². The van der Waals surface area contributed by atoms with Crippen LogP contribution in [0.25, 0.3) is 11.1 Å². The molecule has 0 aliphatic carbocycles. The van der Waals surface area contributed by atoms with Crippen molar-refractivity contribution in [1.82, 2.24) is 8.87 Å². The van der Waals surface area contributed by atoms with Gasteiger partial charge in [-0.05, 0) is 49.2 Å². The summed E-state index contributed by atoms with van der Waals surface area (Å²) in [6, 6.07) is 9.26. The normalized spacial score (nSPS) is 15.9. The molecule has 0 unspecified atom stereocenters. The second kappa shape index (κ2) is 8.16. The van der Waals surface area contributed by atoms with Crippen molar-refractivity contribution >= 4 is 26.9 Å². The zero-order valence-electron chi connectivity index (χ0n) is 16.2. The first-order chi connectivity index (χ1) is 14.4. The topological polar surface area (TPSA) is 89.6 Å². The van der Waals surface area contributed by atoms with Crippen molar-refractivity contribution in [3.8, 4) is 0 Å². The summed E-state index contributed by atoms with van der Waals surface area (Å²) in [6.07, 6.45) is 3.65. The number of sulfonamides is 1. The molecule has 2 aromatic carbocycles. The molecule has 2 heterocycles. The molecule has 9 heteroatoms. The average Bonchev–Trinajstić information content (AvgIpc) is 2.90. The van der Waals surface area contributed by atoms with Gasteiger partial charge < -0.3 is 4.42 Å². The first-order valence-electron chi connectivity index (χ1n) is 9.78. The van der Waals surface area contributed by atoms with Crippen LogP contribution in [0.3, 0.4) is 0 Å². The number of oxazole rings is 1. The molecule has 0 spiro atoms. The van der Waals surface area contributed by atoms with E-state index in [1.54, 1.807) is 0 Å². The third-order valence-corrected chi connectivity index (χ3v) is 7.21. The highest BCUT2D eigenvalue weighted by atomic mass is 32.2. The van der Waals surface area contributed by atoms with Gasteiger partial charge in [-0.25, -0.2) is 17.6 Å². The van der Waals surface area contributed by atoms with Gasteiger partial charge in [0.25, 0.3) is 0 Å². The van der Waals surface area contributed by atoms with E-state index in [9.17, 15) is 22.4 Å². The zero-order chi connectivity index (χ0) is 21.3. The van der Waals surface area contributed by atoms with Crippen LogP contribution in [-0.4, -0.2) is 36.2 Å².